The van der Waals surface area contributed by atoms with Crippen LogP contribution in [0.3, 0.4) is 0 Å². The average Bonchev–Trinajstić information content (AvgIpc) is 2.73. The van der Waals surface area contributed by atoms with Gasteiger partial charge in [-0.3, -0.25) is 9.59 Å². The smallest absolute Gasteiger partial charge is 0.311 e. The van der Waals surface area contributed by atoms with Gasteiger partial charge in [0.05, 0.1) is 11.3 Å². The zero-order valence-corrected chi connectivity index (χ0v) is 9.38. The Morgan fingerprint density at radius 3 is 2.31 bits per heavy atom. The normalized spacial score (nSPS) is 40.6. The van der Waals surface area contributed by atoms with Crippen LogP contribution in [0.4, 0.5) is 0 Å². The van der Waals surface area contributed by atoms with Crippen molar-refractivity contribution in [3.05, 3.63) is 12.2 Å². The molecule has 4 unspecified atom stereocenters. The first kappa shape index (κ1) is 11.2. The minimum atomic E-state index is -1.12. The van der Waals surface area contributed by atoms with Gasteiger partial charge in [0.25, 0.3) is 0 Å². The number of allylic oxidation sites excluding steroid dienone is 2. The van der Waals surface area contributed by atoms with Gasteiger partial charge in [-0.2, -0.15) is 0 Å². The summed E-state index contributed by atoms with van der Waals surface area (Å²) >= 11 is 0. The lowest BCUT2D eigenvalue weighted by Crippen LogP contribution is -2.49. The second-order valence-corrected chi connectivity index (χ2v) is 5.10. The molecule has 2 rings (SSSR count). The maximum Gasteiger partial charge on any atom is 0.311 e. The van der Waals surface area contributed by atoms with E-state index in [0.29, 0.717) is 6.42 Å². The lowest BCUT2D eigenvalue weighted by atomic mass is 9.62. The fourth-order valence-corrected chi connectivity index (χ4v) is 3.63. The number of carboxylic acid groups (broad SMARTS) is 2. The summed E-state index contributed by atoms with van der Waals surface area (Å²) in [4.78, 5) is 22.9. The van der Waals surface area contributed by atoms with Gasteiger partial charge >= 0.3 is 11.9 Å². The second-order valence-electron chi connectivity index (χ2n) is 5.10. The highest BCUT2D eigenvalue weighted by molar-refractivity contribution is 5.86. The topological polar surface area (TPSA) is 74.6 Å². The Morgan fingerprint density at radius 1 is 1.31 bits per heavy atom. The third-order valence-electron chi connectivity index (χ3n) is 4.26. The van der Waals surface area contributed by atoms with Gasteiger partial charge in [0.1, 0.15) is 0 Å². The van der Waals surface area contributed by atoms with E-state index in [2.05, 4.69) is 0 Å². The van der Waals surface area contributed by atoms with Crippen LogP contribution < -0.4 is 0 Å². The molecule has 0 aromatic heterocycles. The SMILES string of the molecule is CC(C)C1(C(=O)O)C2C=CC(C2)C1C(=O)O. The number of hydrogen-bond acceptors (Lipinski definition) is 2. The third-order valence-corrected chi connectivity index (χ3v) is 4.26. The Morgan fingerprint density at radius 2 is 1.94 bits per heavy atom. The van der Waals surface area contributed by atoms with Crippen LogP contribution in [0, 0.1) is 29.1 Å². The summed E-state index contributed by atoms with van der Waals surface area (Å²) in [6.07, 6.45) is 4.42. The minimum absolute atomic E-state index is 0.110. The van der Waals surface area contributed by atoms with Gasteiger partial charge in [-0.05, 0) is 24.2 Å². The standard InChI is InChI=1S/C12H16O4/c1-6(2)12(11(15)16)8-4-3-7(5-8)9(12)10(13)14/h3-4,6-9H,5H2,1-2H3,(H,13,14)(H,15,16). The summed E-state index contributed by atoms with van der Waals surface area (Å²) in [6.45, 7) is 3.61. The molecule has 0 amide bonds. The summed E-state index contributed by atoms with van der Waals surface area (Å²) in [5, 5.41) is 18.7. The van der Waals surface area contributed by atoms with Crippen LogP contribution in [-0.4, -0.2) is 22.2 Å². The Hall–Kier alpha value is -1.32. The zero-order chi connectivity index (χ0) is 12.1. The number of aliphatic carboxylic acids is 2. The van der Waals surface area contributed by atoms with Crippen molar-refractivity contribution in [1.29, 1.82) is 0 Å². The highest BCUT2D eigenvalue weighted by Gasteiger charge is 2.64. The molecule has 4 nitrogen and oxygen atoms in total. The molecule has 0 radical (unpaired) electrons. The van der Waals surface area contributed by atoms with E-state index in [9.17, 15) is 19.8 Å². The van der Waals surface area contributed by atoms with Crippen molar-refractivity contribution in [2.45, 2.75) is 20.3 Å². The molecular weight excluding hydrogens is 208 g/mol. The summed E-state index contributed by atoms with van der Waals surface area (Å²) in [7, 11) is 0. The van der Waals surface area contributed by atoms with Gasteiger partial charge in [0, 0.05) is 0 Å². The highest BCUT2D eigenvalue weighted by atomic mass is 16.4. The summed E-state index contributed by atoms with van der Waals surface area (Å²) in [5.74, 6) is -3.14. The summed E-state index contributed by atoms with van der Waals surface area (Å²) < 4.78 is 0. The molecule has 0 aromatic rings. The van der Waals surface area contributed by atoms with Crippen molar-refractivity contribution in [2.75, 3.05) is 0 Å². The van der Waals surface area contributed by atoms with Crippen molar-refractivity contribution in [1.82, 2.24) is 0 Å². The van der Waals surface area contributed by atoms with Crippen LogP contribution >= 0.6 is 0 Å². The summed E-state index contributed by atoms with van der Waals surface area (Å²) in [6, 6.07) is 0. The van der Waals surface area contributed by atoms with Gasteiger partial charge in [-0.25, -0.2) is 0 Å². The molecule has 0 spiro atoms. The molecule has 2 aliphatic rings. The van der Waals surface area contributed by atoms with Gasteiger partial charge in [-0.15, -0.1) is 0 Å². The quantitative estimate of drug-likeness (QED) is 0.714. The number of carboxylic acids is 2. The first-order valence-corrected chi connectivity index (χ1v) is 5.56. The molecule has 0 heterocycles. The van der Waals surface area contributed by atoms with Crippen molar-refractivity contribution >= 4 is 11.9 Å². The largest absolute Gasteiger partial charge is 0.481 e. The lowest BCUT2D eigenvalue weighted by molar-refractivity contribution is -0.168. The van der Waals surface area contributed by atoms with Gasteiger partial charge < -0.3 is 10.2 Å². The van der Waals surface area contributed by atoms with Crippen molar-refractivity contribution < 1.29 is 19.8 Å². The van der Waals surface area contributed by atoms with Gasteiger partial charge in [0.15, 0.2) is 0 Å². The van der Waals surface area contributed by atoms with E-state index in [0.717, 1.165) is 0 Å². The van der Waals surface area contributed by atoms with E-state index < -0.39 is 23.3 Å². The van der Waals surface area contributed by atoms with Crippen LogP contribution in [0.25, 0.3) is 0 Å². The number of carbonyl (C=O) groups is 2. The van der Waals surface area contributed by atoms with Crippen LogP contribution in [-0.2, 0) is 9.59 Å². The molecular formula is C12H16O4. The van der Waals surface area contributed by atoms with Gasteiger partial charge in [-0.1, -0.05) is 26.0 Å². The lowest BCUT2D eigenvalue weighted by Gasteiger charge is -2.39. The Balaban J connectivity index is 2.54. The molecule has 0 saturated heterocycles. The molecule has 4 atom stereocenters. The van der Waals surface area contributed by atoms with Gasteiger partial charge in [0.2, 0.25) is 0 Å². The van der Waals surface area contributed by atoms with Crippen LogP contribution in [0.1, 0.15) is 20.3 Å². The molecule has 0 aromatic carbocycles. The first-order chi connectivity index (χ1) is 7.42. The fourth-order valence-electron chi connectivity index (χ4n) is 3.63. The minimum Gasteiger partial charge on any atom is -0.481 e. The molecule has 88 valence electrons. The second kappa shape index (κ2) is 3.34. The zero-order valence-electron chi connectivity index (χ0n) is 9.38. The maximum absolute atomic E-state index is 11.6. The van der Waals surface area contributed by atoms with E-state index >= 15 is 0 Å². The van der Waals surface area contributed by atoms with Crippen LogP contribution in [0.2, 0.25) is 0 Å². The monoisotopic (exact) mass is 224 g/mol. The molecule has 2 aliphatic carbocycles. The number of rotatable bonds is 3. The van der Waals surface area contributed by atoms with Crippen molar-refractivity contribution in [3.63, 3.8) is 0 Å². The van der Waals surface area contributed by atoms with Crippen LogP contribution in [0.5, 0.6) is 0 Å². The molecule has 0 aliphatic heterocycles. The number of fused-ring (bicyclic) bond motifs is 2. The molecule has 4 heteroatoms. The Kier molecular flexibility index (Phi) is 2.33. The maximum atomic E-state index is 11.6. The predicted molar refractivity (Wildman–Crippen MR) is 56.8 cm³/mol. The number of hydrogen-bond donors (Lipinski definition) is 2. The fraction of sp³-hybridized carbons (Fsp3) is 0.667. The first-order valence-electron chi connectivity index (χ1n) is 5.56. The molecule has 1 saturated carbocycles. The van der Waals surface area contributed by atoms with E-state index in [1.54, 1.807) is 13.8 Å². The Labute approximate surface area is 94.0 Å². The van der Waals surface area contributed by atoms with E-state index in [-0.39, 0.29) is 17.8 Å². The predicted octanol–water partition coefficient (Wildman–Crippen LogP) is 1.62. The molecule has 16 heavy (non-hydrogen) atoms. The molecule has 1 fully saturated rings. The van der Waals surface area contributed by atoms with Crippen molar-refractivity contribution in [3.8, 4) is 0 Å². The Bertz CT molecular complexity index is 371. The van der Waals surface area contributed by atoms with E-state index in [1.807, 2.05) is 12.2 Å². The highest BCUT2D eigenvalue weighted by Crippen LogP contribution is 2.59. The molecule has 2 N–H and O–H groups in total. The van der Waals surface area contributed by atoms with E-state index in [4.69, 9.17) is 0 Å². The average molecular weight is 224 g/mol. The van der Waals surface area contributed by atoms with Crippen LogP contribution in [0.15, 0.2) is 12.2 Å². The molecule has 2 bridgehead atoms. The third kappa shape index (κ3) is 1.10. The van der Waals surface area contributed by atoms with Crippen molar-refractivity contribution in [2.24, 2.45) is 29.1 Å². The van der Waals surface area contributed by atoms with E-state index in [1.165, 1.54) is 0 Å². The summed E-state index contributed by atoms with van der Waals surface area (Å²) in [5.41, 5.74) is -1.12.